The molecular formula is C16H9BrClNO2. The molecule has 104 valence electrons. The van der Waals surface area contributed by atoms with Crippen LogP contribution in [0.2, 0.25) is 0 Å². The summed E-state index contributed by atoms with van der Waals surface area (Å²) in [6, 6.07) is 14.1. The number of carbonyl (C=O) groups excluding carboxylic acids is 2. The van der Waals surface area contributed by atoms with Crippen molar-refractivity contribution < 1.29 is 9.59 Å². The Morgan fingerprint density at radius 2 is 1.62 bits per heavy atom. The third-order valence-electron chi connectivity index (χ3n) is 3.17. The molecule has 0 unspecified atom stereocenters. The van der Waals surface area contributed by atoms with Gasteiger partial charge in [-0.1, -0.05) is 57.9 Å². The van der Waals surface area contributed by atoms with E-state index in [1.807, 2.05) is 18.2 Å². The first kappa shape index (κ1) is 14.0. The number of halogens is 2. The highest BCUT2D eigenvalue weighted by Crippen LogP contribution is 2.33. The van der Waals surface area contributed by atoms with Gasteiger partial charge in [0.05, 0.1) is 0 Å². The minimum Gasteiger partial charge on any atom is -0.351 e. The summed E-state index contributed by atoms with van der Waals surface area (Å²) in [5.41, 5.74) is 1.46. The van der Waals surface area contributed by atoms with E-state index in [2.05, 4.69) is 21.2 Å². The van der Waals surface area contributed by atoms with E-state index in [-0.39, 0.29) is 22.3 Å². The third-order valence-corrected chi connectivity index (χ3v) is 4.20. The number of benzene rings is 2. The van der Waals surface area contributed by atoms with E-state index in [4.69, 9.17) is 11.6 Å². The Kier molecular flexibility index (Phi) is 3.66. The first-order valence-corrected chi connectivity index (χ1v) is 7.36. The Morgan fingerprint density at radius 3 is 2.33 bits per heavy atom. The number of anilines is 1. The van der Waals surface area contributed by atoms with Crippen LogP contribution in [0.1, 0.15) is 20.7 Å². The molecule has 0 heterocycles. The molecule has 2 aromatic rings. The van der Waals surface area contributed by atoms with Gasteiger partial charge in [0, 0.05) is 21.3 Å². The van der Waals surface area contributed by atoms with Gasteiger partial charge in [0.1, 0.15) is 10.7 Å². The van der Waals surface area contributed by atoms with E-state index in [0.717, 1.165) is 0 Å². The standard InChI is InChI=1S/C16H9BrClNO2/c17-11-8-4-7-10-12(11)16(21)14(13(18)15(10)20)19-9-5-2-1-3-6-9/h1-8,19H. The van der Waals surface area contributed by atoms with Gasteiger partial charge in [-0.25, -0.2) is 0 Å². The number of para-hydroxylation sites is 1. The molecule has 0 amide bonds. The summed E-state index contributed by atoms with van der Waals surface area (Å²) in [7, 11) is 0. The maximum atomic E-state index is 12.6. The number of hydrogen-bond donors (Lipinski definition) is 1. The first-order valence-electron chi connectivity index (χ1n) is 6.19. The van der Waals surface area contributed by atoms with E-state index in [0.29, 0.717) is 21.3 Å². The third kappa shape index (κ3) is 2.41. The van der Waals surface area contributed by atoms with Gasteiger partial charge in [-0.05, 0) is 18.2 Å². The molecule has 5 heteroatoms. The zero-order valence-corrected chi connectivity index (χ0v) is 13.0. The number of Topliss-reactive ketones (excluding diaryl/α,β-unsaturated/α-hetero) is 2. The highest BCUT2D eigenvalue weighted by Gasteiger charge is 2.33. The molecule has 0 saturated carbocycles. The van der Waals surface area contributed by atoms with Gasteiger partial charge < -0.3 is 5.32 Å². The summed E-state index contributed by atoms with van der Waals surface area (Å²) < 4.78 is 0.579. The number of hydrogen-bond acceptors (Lipinski definition) is 3. The highest BCUT2D eigenvalue weighted by molar-refractivity contribution is 9.10. The smallest absolute Gasteiger partial charge is 0.212 e. The monoisotopic (exact) mass is 361 g/mol. The number of ketones is 2. The molecule has 0 atom stereocenters. The molecule has 1 aliphatic rings. The van der Waals surface area contributed by atoms with E-state index in [9.17, 15) is 9.59 Å². The molecule has 0 spiro atoms. The summed E-state index contributed by atoms with van der Waals surface area (Å²) in [5.74, 6) is -0.656. The number of rotatable bonds is 2. The molecule has 0 aliphatic heterocycles. The van der Waals surface area contributed by atoms with Crippen LogP contribution in [0.25, 0.3) is 0 Å². The van der Waals surface area contributed by atoms with Crippen molar-refractivity contribution in [3.63, 3.8) is 0 Å². The SMILES string of the molecule is O=C1C(Cl)=C(Nc2ccccc2)C(=O)c2c(Br)cccc21. The van der Waals surface area contributed by atoms with Crippen LogP contribution >= 0.6 is 27.5 Å². The summed E-state index contributed by atoms with van der Waals surface area (Å²) in [4.78, 5) is 24.9. The zero-order chi connectivity index (χ0) is 15.0. The van der Waals surface area contributed by atoms with Crippen LogP contribution in [0.4, 0.5) is 5.69 Å². The second-order valence-electron chi connectivity index (χ2n) is 4.50. The van der Waals surface area contributed by atoms with Gasteiger partial charge in [0.15, 0.2) is 0 Å². The van der Waals surface area contributed by atoms with E-state index in [1.54, 1.807) is 30.3 Å². The number of fused-ring (bicyclic) bond motifs is 1. The molecule has 21 heavy (non-hydrogen) atoms. The van der Waals surface area contributed by atoms with Crippen molar-refractivity contribution in [3.8, 4) is 0 Å². The van der Waals surface area contributed by atoms with Crippen molar-refractivity contribution in [2.75, 3.05) is 5.32 Å². The van der Waals surface area contributed by atoms with Crippen LogP contribution < -0.4 is 5.32 Å². The minimum absolute atomic E-state index is 0.0885. The number of carbonyl (C=O) groups is 2. The quantitative estimate of drug-likeness (QED) is 0.862. The molecule has 0 radical (unpaired) electrons. The van der Waals surface area contributed by atoms with Crippen LogP contribution in [0.3, 0.4) is 0 Å². The Hall–Kier alpha value is -1.91. The number of allylic oxidation sites excluding steroid dienone is 2. The van der Waals surface area contributed by atoms with E-state index in [1.165, 1.54) is 0 Å². The summed E-state index contributed by atoms with van der Waals surface area (Å²) >= 11 is 9.41. The fourth-order valence-electron chi connectivity index (χ4n) is 2.18. The predicted molar refractivity (Wildman–Crippen MR) is 85.7 cm³/mol. The van der Waals surface area contributed by atoms with Crippen molar-refractivity contribution in [1.82, 2.24) is 0 Å². The Morgan fingerprint density at radius 1 is 0.905 bits per heavy atom. The maximum Gasteiger partial charge on any atom is 0.212 e. The molecule has 0 aromatic heterocycles. The molecule has 0 fully saturated rings. The van der Waals surface area contributed by atoms with E-state index >= 15 is 0 Å². The van der Waals surface area contributed by atoms with Crippen LogP contribution in [0.15, 0.2) is 63.7 Å². The molecule has 0 bridgehead atoms. The van der Waals surface area contributed by atoms with Crippen LogP contribution in [0, 0.1) is 0 Å². The van der Waals surface area contributed by atoms with Gasteiger partial charge in [0.25, 0.3) is 0 Å². The van der Waals surface area contributed by atoms with E-state index < -0.39 is 0 Å². The average Bonchev–Trinajstić information content (AvgIpc) is 2.50. The average molecular weight is 363 g/mol. The van der Waals surface area contributed by atoms with Crippen molar-refractivity contribution in [1.29, 1.82) is 0 Å². The Bertz CT molecular complexity index is 784. The second kappa shape index (κ2) is 5.47. The van der Waals surface area contributed by atoms with Crippen molar-refractivity contribution in [2.24, 2.45) is 0 Å². The summed E-state index contributed by atoms with van der Waals surface area (Å²) in [6.07, 6.45) is 0. The van der Waals surface area contributed by atoms with Crippen LogP contribution in [-0.4, -0.2) is 11.6 Å². The summed E-state index contributed by atoms with van der Waals surface area (Å²) in [6.45, 7) is 0. The largest absolute Gasteiger partial charge is 0.351 e. The van der Waals surface area contributed by atoms with Gasteiger partial charge >= 0.3 is 0 Å². The van der Waals surface area contributed by atoms with Gasteiger partial charge in [-0.3, -0.25) is 9.59 Å². The Balaban J connectivity index is 2.10. The molecule has 1 N–H and O–H groups in total. The van der Waals surface area contributed by atoms with Crippen molar-refractivity contribution in [3.05, 3.63) is 74.9 Å². The lowest BCUT2D eigenvalue weighted by Crippen LogP contribution is -2.24. The molecule has 2 aromatic carbocycles. The maximum absolute atomic E-state index is 12.6. The number of nitrogens with one attached hydrogen (secondary N) is 1. The normalized spacial score (nSPS) is 14.2. The lowest BCUT2D eigenvalue weighted by molar-refractivity contribution is 0.0981. The fourth-order valence-corrected chi connectivity index (χ4v) is 2.96. The first-order chi connectivity index (χ1) is 10.1. The van der Waals surface area contributed by atoms with Gasteiger partial charge in [0.2, 0.25) is 11.6 Å². The summed E-state index contributed by atoms with van der Waals surface area (Å²) in [5, 5.41) is 2.85. The van der Waals surface area contributed by atoms with Crippen molar-refractivity contribution >= 4 is 44.8 Å². The lowest BCUT2D eigenvalue weighted by Gasteiger charge is -2.19. The van der Waals surface area contributed by atoms with Crippen LogP contribution in [0.5, 0.6) is 0 Å². The molecule has 1 aliphatic carbocycles. The van der Waals surface area contributed by atoms with Gasteiger partial charge in [-0.15, -0.1) is 0 Å². The lowest BCUT2D eigenvalue weighted by atomic mass is 9.92. The molecular weight excluding hydrogens is 354 g/mol. The second-order valence-corrected chi connectivity index (χ2v) is 5.73. The zero-order valence-electron chi connectivity index (χ0n) is 10.7. The highest BCUT2D eigenvalue weighted by atomic mass is 79.9. The van der Waals surface area contributed by atoms with Gasteiger partial charge in [-0.2, -0.15) is 0 Å². The molecule has 0 saturated heterocycles. The predicted octanol–water partition coefficient (Wildman–Crippen LogP) is 4.39. The molecule has 3 nitrogen and oxygen atoms in total. The minimum atomic E-state index is -0.356. The topological polar surface area (TPSA) is 46.2 Å². The van der Waals surface area contributed by atoms with Crippen molar-refractivity contribution in [2.45, 2.75) is 0 Å². The fraction of sp³-hybridized carbons (Fsp3) is 0. The molecule has 3 rings (SSSR count). The van der Waals surface area contributed by atoms with Crippen LogP contribution in [-0.2, 0) is 0 Å². The Labute approximate surface area is 134 Å².